The van der Waals surface area contributed by atoms with Crippen molar-refractivity contribution in [3.05, 3.63) is 57.6 Å². The minimum atomic E-state index is -0.992. The molecule has 1 N–H and O–H groups in total. The first kappa shape index (κ1) is 20.1. The van der Waals surface area contributed by atoms with Crippen molar-refractivity contribution >= 4 is 40.8 Å². The summed E-state index contributed by atoms with van der Waals surface area (Å²) in [6.45, 7) is 3.40. The normalized spacial score (nSPS) is 11.6. The van der Waals surface area contributed by atoms with E-state index in [2.05, 4.69) is 5.32 Å². The number of rotatable bonds is 6. The number of nitrogens with one attached hydrogen (secondary N) is 1. The zero-order valence-electron chi connectivity index (χ0n) is 14.6. The molecule has 26 heavy (non-hydrogen) atoms. The van der Waals surface area contributed by atoms with E-state index in [1.165, 1.54) is 20.1 Å². The molecule has 0 heterocycles. The lowest BCUT2D eigenvalue weighted by atomic mass is 10.1. The zero-order valence-corrected chi connectivity index (χ0v) is 16.1. The van der Waals surface area contributed by atoms with Crippen LogP contribution in [0.2, 0.25) is 10.0 Å². The average molecular weight is 396 g/mol. The Kier molecular flexibility index (Phi) is 6.89. The highest BCUT2D eigenvalue weighted by atomic mass is 35.5. The zero-order chi connectivity index (χ0) is 19.3. The van der Waals surface area contributed by atoms with E-state index in [0.29, 0.717) is 27.0 Å². The second-order valence-corrected chi connectivity index (χ2v) is 6.58. The van der Waals surface area contributed by atoms with Gasteiger partial charge >= 0.3 is 5.97 Å². The summed E-state index contributed by atoms with van der Waals surface area (Å²) in [6, 6.07) is 10.2. The van der Waals surface area contributed by atoms with E-state index < -0.39 is 18.0 Å². The molecule has 2 aromatic carbocycles. The van der Waals surface area contributed by atoms with Crippen LogP contribution in [-0.2, 0) is 20.7 Å². The molecule has 1 atom stereocenters. The number of carbonyl (C=O) groups is 2. The maximum absolute atomic E-state index is 12.2. The Morgan fingerprint density at radius 1 is 1.15 bits per heavy atom. The summed E-state index contributed by atoms with van der Waals surface area (Å²) in [6.07, 6.45) is -0.992. The summed E-state index contributed by atoms with van der Waals surface area (Å²) in [5.74, 6) is -0.442. The number of amides is 1. The molecule has 2 aromatic rings. The van der Waals surface area contributed by atoms with E-state index in [9.17, 15) is 9.59 Å². The molecule has 0 aliphatic carbocycles. The maximum atomic E-state index is 12.2. The van der Waals surface area contributed by atoms with Crippen LogP contribution in [0.5, 0.6) is 5.75 Å². The van der Waals surface area contributed by atoms with Gasteiger partial charge < -0.3 is 14.8 Å². The largest absolute Gasteiger partial charge is 0.496 e. The molecule has 0 radical (unpaired) electrons. The highest BCUT2D eigenvalue weighted by Crippen LogP contribution is 2.26. The van der Waals surface area contributed by atoms with E-state index in [4.69, 9.17) is 32.7 Å². The third-order valence-corrected chi connectivity index (χ3v) is 4.20. The minimum Gasteiger partial charge on any atom is -0.496 e. The molecular weight excluding hydrogens is 377 g/mol. The third kappa shape index (κ3) is 5.38. The van der Waals surface area contributed by atoms with Crippen LogP contribution in [0.15, 0.2) is 36.4 Å². The summed E-state index contributed by atoms with van der Waals surface area (Å²) in [5, 5.41) is 3.36. The SMILES string of the molecule is COc1ccc(C)cc1CC(=O)O[C@@H](C)C(=O)Nc1cc(Cl)ccc1Cl. The van der Waals surface area contributed by atoms with E-state index in [-0.39, 0.29) is 6.42 Å². The number of halogens is 2. The number of aryl methyl sites for hydroxylation is 1. The number of anilines is 1. The van der Waals surface area contributed by atoms with Gasteiger partial charge in [0.05, 0.1) is 24.2 Å². The summed E-state index contributed by atoms with van der Waals surface area (Å²) >= 11 is 11.9. The first-order valence-corrected chi connectivity index (χ1v) is 8.64. The number of hydrogen-bond acceptors (Lipinski definition) is 4. The molecule has 138 valence electrons. The van der Waals surface area contributed by atoms with Gasteiger partial charge in [-0.3, -0.25) is 9.59 Å². The monoisotopic (exact) mass is 395 g/mol. The lowest BCUT2D eigenvalue weighted by molar-refractivity contribution is -0.152. The fraction of sp³-hybridized carbons (Fsp3) is 0.263. The quantitative estimate of drug-likeness (QED) is 0.734. The van der Waals surface area contributed by atoms with Gasteiger partial charge in [0.2, 0.25) is 0 Å². The Morgan fingerprint density at radius 2 is 1.88 bits per heavy atom. The smallest absolute Gasteiger partial charge is 0.311 e. The van der Waals surface area contributed by atoms with Gasteiger partial charge in [0.15, 0.2) is 6.10 Å². The number of benzene rings is 2. The molecule has 0 fully saturated rings. The Morgan fingerprint density at radius 3 is 2.58 bits per heavy atom. The molecule has 1 amide bonds. The van der Waals surface area contributed by atoms with Gasteiger partial charge in [-0.1, -0.05) is 40.9 Å². The average Bonchev–Trinajstić information content (AvgIpc) is 2.58. The van der Waals surface area contributed by atoms with Crippen molar-refractivity contribution in [3.63, 3.8) is 0 Å². The first-order chi connectivity index (χ1) is 12.3. The van der Waals surface area contributed by atoms with Crippen molar-refractivity contribution in [2.45, 2.75) is 26.4 Å². The van der Waals surface area contributed by atoms with Crippen LogP contribution < -0.4 is 10.1 Å². The molecule has 0 aliphatic heterocycles. The Bertz CT molecular complexity index is 823. The lowest BCUT2D eigenvalue weighted by Gasteiger charge is -2.15. The Labute approximate surface area is 162 Å². The van der Waals surface area contributed by atoms with Gasteiger partial charge in [0.25, 0.3) is 5.91 Å². The third-order valence-electron chi connectivity index (χ3n) is 3.63. The molecule has 2 rings (SSSR count). The van der Waals surface area contributed by atoms with Crippen LogP contribution in [0, 0.1) is 6.92 Å². The van der Waals surface area contributed by atoms with Crippen LogP contribution in [0.4, 0.5) is 5.69 Å². The summed E-state index contributed by atoms with van der Waals surface area (Å²) in [5.41, 5.74) is 2.05. The Hall–Kier alpha value is -2.24. The number of carbonyl (C=O) groups excluding carboxylic acids is 2. The summed E-state index contributed by atoms with van der Waals surface area (Å²) in [4.78, 5) is 24.4. The minimum absolute atomic E-state index is 0.000392. The van der Waals surface area contributed by atoms with Crippen LogP contribution in [0.25, 0.3) is 0 Å². The summed E-state index contributed by atoms with van der Waals surface area (Å²) < 4.78 is 10.5. The number of ether oxygens (including phenoxy) is 2. The first-order valence-electron chi connectivity index (χ1n) is 7.89. The molecule has 0 unspecified atom stereocenters. The molecule has 5 nitrogen and oxygen atoms in total. The predicted molar refractivity (Wildman–Crippen MR) is 102 cm³/mol. The van der Waals surface area contributed by atoms with Gasteiger partial charge in [0.1, 0.15) is 5.75 Å². The Balaban J connectivity index is 1.99. The highest BCUT2D eigenvalue weighted by Gasteiger charge is 2.20. The molecule has 7 heteroatoms. The molecule has 0 bridgehead atoms. The fourth-order valence-electron chi connectivity index (χ4n) is 2.32. The van der Waals surface area contributed by atoms with Crippen LogP contribution >= 0.6 is 23.2 Å². The van der Waals surface area contributed by atoms with Gasteiger partial charge in [-0.2, -0.15) is 0 Å². The van der Waals surface area contributed by atoms with E-state index in [1.54, 1.807) is 18.2 Å². The standard InChI is InChI=1S/C19H19Cl2NO4/c1-11-4-7-17(25-3)13(8-11)9-18(23)26-12(2)19(24)22-16-10-14(20)5-6-15(16)21/h4-8,10,12H,9H2,1-3H3,(H,22,24)/t12-/m0/s1. The van der Waals surface area contributed by atoms with E-state index in [0.717, 1.165) is 5.56 Å². The van der Waals surface area contributed by atoms with Crippen molar-refractivity contribution in [1.29, 1.82) is 0 Å². The van der Waals surface area contributed by atoms with E-state index in [1.807, 2.05) is 19.1 Å². The molecular formula is C19H19Cl2NO4. The number of hydrogen-bond donors (Lipinski definition) is 1. The van der Waals surface area contributed by atoms with Gasteiger partial charge in [-0.25, -0.2) is 0 Å². The molecule has 0 spiro atoms. The van der Waals surface area contributed by atoms with Crippen LogP contribution in [0.3, 0.4) is 0 Å². The molecule has 0 saturated heterocycles. The van der Waals surface area contributed by atoms with E-state index >= 15 is 0 Å². The molecule has 0 aliphatic rings. The molecule has 0 saturated carbocycles. The topological polar surface area (TPSA) is 64.6 Å². The van der Waals surface area contributed by atoms with Crippen molar-refractivity contribution < 1.29 is 19.1 Å². The van der Waals surface area contributed by atoms with Crippen molar-refractivity contribution in [1.82, 2.24) is 0 Å². The van der Waals surface area contributed by atoms with Crippen molar-refractivity contribution in [3.8, 4) is 5.75 Å². The van der Waals surface area contributed by atoms with Crippen LogP contribution in [-0.4, -0.2) is 25.1 Å². The fourth-order valence-corrected chi connectivity index (χ4v) is 2.66. The second kappa shape index (κ2) is 8.92. The van der Waals surface area contributed by atoms with Gasteiger partial charge in [-0.05, 0) is 38.1 Å². The van der Waals surface area contributed by atoms with Gasteiger partial charge in [0, 0.05) is 10.6 Å². The highest BCUT2D eigenvalue weighted by molar-refractivity contribution is 6.35. The summed E-state index contributed by atoms with van der Waals surface area (Å²) in [7, 11) is 1.53. The number of esters is 1. The predicted octanol–water partition coefficient (Wildman–Crippen LogP) is 4.42. The maximum Gasteiger partial charge on any atom is 0.311 e. The van der Waals surface area contributed by atoms with Crippen LogP contribution in [0.1, 0.15) is 18.1 Å². The second-order valence-electron chi connectivity index (χ2n) is 5.74. The lowest BCUT2D eigenvalue weighted by Crippen LogP contribution is -2.30. The van der Waals surface area contributed by atoms with Crippen molar-refractivity contribution in [2.75, 3.05) is 12.4 Å². The van der Waals surface area contributed by atoms with Gasteiger partial charge in [-0.15, -0.1) is 0 Å². The molecule has 0 aromatic heterocycles. The number of methoxy groups -OCH3 is 1. The van der Waals surface area contributed by atoms with Crippen molar-refractivity contribution in [2.24, 2.45) is 0 Å².